The number of carbonyl (C=O) groups is 1. The lowest BCUT2D eigenvalue weighted by Gasteiger charge is -2.25. The van der Waals surface area contributed by atoms with Crippen molar-refractivity contribution >= 4 is 5.97 Å². The van der Waals surface area contributed by atoms with Crippen molar-refractivity contribution in [3.05, 3.63) is 12.2 Å². The van der Waals surface area contributed by atoms with E-state index < -0.39 is 37.2 Å². The van der Waals surface area contributed by atoms with Crippen LogP contribution in [0.25, 0.3) is 0 Å². The van der Waals surface area contributed by atoms with Crippen molar-refractivity contribution in [1.29, 1.82) is 0 Å². The molecule has 2 unspecified atom stereocenters. The lowest BCUT2D eigenvalue weighted by atomic mass is 10.1. The summed E-state index contributed by atoms with van der Waals surface area (Å²) in [5.41, 5.74) is 0.00319. The Morgan fingerprint density at radius 1 is 1.25 bits per heavy atom. The number of rotatable bonds is 6. The first kappa shape index (κ1) is 15.0. The summed E-state index contributed by atoms with van der Waals surface area (Å²) in [4.78, 5) is 10.9. The van der Waals surface area contributed by atoms with Crippen LogP contribution in [0.2, 0.25) is 0 Å². The molecule has 0 aromatic rings. The molecule has 0 bridgehead atoms. The molecule has 16 heavy (non-hydrogen) atoms. The number of ether oxygens (including phenoxy) is 1. The summed E-state index contributed by atoms with van der Waals surface area (Å²) in [7, 11) is 0. The van der Waals surface area contributed by atoms with Gasteiger partial charge >= 0.3 is 5.97 Å². The lowest BCUT2D eigenvalue weighted by molar-refractivity contribution is -0.205. The average molecular weight is 236 g/mol. The third-order valence-electron chi connectivity index (χ3n) is 1.80. The summed E-state index contributed by atoms with van der Waals surface area (Å²) in [5.74, 6) is -0.947. The first-order valence-corrected chi connectivity index (χ1v) is 4.50. The predicted octanol–water partition coefficient (Wildman–Crippen LogP) is -2.50. The molecule has 0 rings (SSSR count). The molecule has 7 heteroatoms. The second-order valence-electron chi connectivity index (χ2n) is 3.31. The normalized spacial score (nSPS) is 18.4. The van der Waals surface area contributed by atoms with E-state index in [4.69, 9.17) is 15.3 Å². The minimum Gasteiger partial charge on any atom is -0.430 e. The molecule has 94 valence electrons. The van der Waals surface area contributed by atoms with E-state index >= 15 is 0 Å². The molecule has 5 N–H and O–H groups in total. The standard InChI is InChI=1S/C9H16O7/c1-4(2)8(14)16-9(15)7(13)6(12)5(11)3-10/h5-7,9-13,15H,1,3H2,2H3/t5-,6?,7-,9?/m0/s1. The Kier molecular flexibility index (Phi) is 6.16. The quantitative estimate of drug-likeness (QED) is 0.196. The third-order valence-corrected chi connectivity index (χ3v) is 1.80. The van der Waals surface area contributed by atoms with Gasteiger partial charge in [-0.25, -0.2) is 4.79 Å². The molecule has 0 aromatic heterocycles. The van der Waals surface area contributed by atoms with Crippen molar-refractivity contribution in [3.63, 3.8) is 0 Å². The minimum absolute atomic E-state index is 0.00319. The Balaban J connectivity index is 4.32. The van der Waals surface area contributed by atoms with Crippen molar-refractivity contribution in [2.45, 2.75) is 31.5 Å². The van der Waals surface area contributed by atoms with Crippen LogP contribution in [0, 0.1) is 0 Å². The van der Waals surface area contributed by atoms with E-state index in [-0.39, 0.29) is 5.57 Å². The van der Waals surface area contributed by atoms with E-state index in [0.717, 1.165) is 0 Å². The highest BCUT2D eigenvalue weighted by atomic mass is 16.6. The lowest BCUT2D eigenvalue weighted by Crippen LogP contribution is -2.47. The summed E-state index contributed by atoms with van der Waals surface area (Å²) < 4.78 is 4.30. The number of aliphatic hydroxyl groups is 5. The van der Waals surface area contributed by atoms with Gasteiger partial charge < -0.3 is 30.3 Å². The molecular formula is C9H16O7. The van der Waals surface area contributed by atoms with Gasteiger partial charge in [0.15, 0.2) is 0 Å². The maximum Gasteiger partial charge on any atom is 0.335 e. The molecule has 0 aromatic carbocycles. The van der Waals surface area contributed by atoms with Gasteiger partial charge in [0.25, 0.3) is 0 Å². The molecule has 0 amide bonds. The zero-order valence-electron chi connectivity index (χ0n) is 8.78. The van der Waals surface area contributed by atoms with Gasteiger partial charge in [-0.05, 0) is 6.92 Å². The molecule has 0 aliphatic carbocycles. The third kappa shape index (κ3) is 4.25. The van der Waals surface area contributed by atoms with Crippen LogP contribution in [0.15, 0.2) is 12.2 Å². The summed E-state index contributed by atoms with van der Waals surface area (Å²) in [5, 5.41) is 45.0. The van der Waals surface area contributed by atoms with E-state index in [9.17, 15) is 15.0 Å². The van der Waals surface area contributed by atoms with Gasteiger partial charge in [0, 0.05) is 5.57 Å². The van der Waals surface area contributed by atoms with Crippen LogP contribution in [0.5, 0.6) is 0 Å². The molecule has 0 aliphatic rings. The fourth-order valence-electron chi connectivity index (χ4n) is 0.784. The maximum atomic E-state index is 10.9. The molecule has 0 aliphatic heterocycles. The van der Waals surface area contributed by atoms with Crippen molar-refractivity contribution in [2.24, 2.45) is 0 Å². The van der Waals surface area contributed by atoms with Gasteiger partial charge in [-0.2, -0.15) is 0 Å². The van der Waals surface area contributed by atoms with E-state index in [1.807, 2.05) is 0 Å². The highest BCUT2D eigenvalue weighted by molar-refractivity contribution is 5.87. The first-order valence-electron chi connectivity index (χ1n) is 4.50. The van der Waals surface area contributed by atoms with Gasteiger partial charge in [0.1, 0.15) is 18.3 Å². The van der Waals surface area contributed by atoms with Crippen molar-refractivity contribution in [2.75, 3.05) is 6.61 Å². The molecule has 0 saturated carbocycles. The molecule has 0 saturated heterocycles. The Bertz CT molecular complexity index is 252. The van der Waals surface area contributed by atoms with Gasteiger partial charge in [-0.3, -0.25) is 0 Å². The molecule has 0 spiro atoms. The van der Waals surface area contributed by atoms with Crippen LogP contribution >= 0.6 is 0 Å². The zero-order valence-corrected chi connectivity index (χ0v) is 8.78. The largest absolute Gasteiger partial charge is 0.430 e. The zero-order chi connectivity index (χ0) is 12.9. The molecule has 4 atom stereocenters. The van der Waals surface area contributed by atoms with Gasteiger partial charge in [-0.1, -0.05) is 6.58 Å². The Morgan fingerprint density at radius 3 is 2.12 bits per heavy atom. The summed E-state index contributed by atoms with van der Waals surface area (Å²) in [6.45, 7) is 3.77. The van der Waals surface area contributed by atoms with Crippen LogP contribution in [-0.4, -0.2) is 62.7 Å². The average Bonchev–Trinajstić information content (AvgIpc) is 2.25. The Morgan fingerprint density at radius 2 is 1.75 bits per heavy atom. The number of aliphatic hydroxyl groups excluding tert-OH is 5. The van der Waals surface area contributed by atoms with Crippen molar-refractivity contribution in [3.8, 4) is 0 Å². The first-order chi connectivity index (χ1) is 7.31. The van der Waals surface area contributed by atoms with Gasteiger partial charge in [0.05, 0.1) is 6.61 Å². The number of esters is 1. The fraction of sp³-hybridized carbons (Fsp3) is 0.667. The minimum atomic E-state index is -2.01. The highest BCUT2D eigenvalue weighted by Gasteiger charge is 2.32. The van der Waals surface area contributed by atoms with Crippen LogP contribution < -0.4 is 0 Å². The van der Waals surface area contributed by atoms with Crippen LogP contribution in [0.1, 0.15) is 6.92 Å². The summed E-state index contributed by atoms with van der Waals surface area (Å²) in [6.07, 6.45) is -7.42. The fourth-order valence-corrected chi connectivity index (χ4v) is 0.784. The Labute approximate surface area is 92.2 Å². The smallest absolute Gasteiger partial charge is 0.335 e. The van der Waals surface area contributed by atoms with E-state index in [1.165, 1.54) is 6.92 Å². The molecule has 7 nitrogen and oxygen atoms in total. The van der Waals surface area contributed by atoms with Crippen molar-refractivity contribution in [1.82, 2.24) is 0 Å². The Hall–Kier alpha value is -0.990. The predicted molar refractivity (Wildman–Crippen MR) is 52.0 cm³/mol. The molecule has 0 radical (unpaired) electrons. The molecule has 0 heterocycles. The number of hydrogen-bond acceptors (Lipinski definition) is 7. The molecular weight excluding hydrogens is 220 g/mol. The van der Waals surface area contributed by atoms with Crippen molar-refractivity contribution < 1.29 is 35.1 Å². The number of carbonyl (C=O) groups excluding carboxylic acids is 1. The monoisotopic (exact) mass is 236 g/mol. The second-order valence-corrected chi connectivity index (χ2v) is 3.31. The SMILES string of the molecule is C=C(C)C(=O)OC(O)[C@@H](O)C(O)[C@@H](O)CO. The summed E-state index contributed by atoms with van der Waals surface area (Å²) >= 11 is 0. The second kappa shape index (κ2) is 6.56. The molecule has 0 fully saturated rings. The van der Waals surface area contributed by atoms with Crippen LogP contribution in [0.3, 0.4) is 0 Å². The topological polar surface area (TPSA) is 127 Å². The van der Waals surface area contributed by atoms with E-state index in [0.29, 0.717) is 0 Å². The van der Waals surface area contributed by atoms with Crippen LogP contribution in [-0.2, 0) is 9.53 Å². The van der Waals surface area contributed by atoms with Crippen LogP contribution in [0.4, 0.5) is 0 Å². The van der Waals surface area contributed by atoms with Gasteiger partial charge in [-0.15, -0.1) is 0 Å². The van der Waals surface area contributed by atoms with Gasteiger partial charge in [0.2, 0.25) is 6.29 Å². The van der Waals surface area contributed by atoms with E-state index in [1.54, 1.807) is 0 Å². The highest BCUT2D eigenvalue weighted by Crippen LogP contribution is 2.07. The van der Waals surface area contributed by atoms with E-state index in [2.05, 4.69) is 11.3 Å². The number of hydrogen-bond donors (Lipinski definition) is 5. The summed E-state index contributed by atoms with van der Waals surface area (Å²) in [6, 6.07) is 0. The maximum absolute atomic E-state index is 10.9.